The maximum atomic E-state index is 2.67. The zero-order valence-corrected chi connectivity index (χ0v) is 32.5. The second kappa shape index (κ2) is 12.8. The third kappa shape index (κ3) is 5.13. The van der Waals surface area contributed by atoms with Crippen molar-refractivity contribution in [2.75, 3.05) is 4.90 Å². The number of hydrogen-bond donors (Lipinski definition) is 0. The van der Waals surface area contributed by atoms with Crippen LogP contribution in [0.15, 0.2) is 181 Å². The Balaban J connectivity index is 0.956. The maximum absolute atomic E-state index is 2.67. The Labute approximate surface area is 332 Å². The van der Waals surface area contributed by atoms with Gasteiger partial charge < -0.3 is 4.90 Å². The Bertz CT molecular complexity index is 2680. The Morgan fingerprint density at radius 2 is 1.41 bits per heavy atom. The molecule has 272 valence electrons. The molecule has 1 heteroatoms. The predicted molar refractivity (Wildman–Crippen MR) is 235 cm³/mol. The first-order valence-corrected chi connectivity index (χ1v) is 20.7. The molecule has 0 amide bonds. The summed E-state index contributed by atoms with van der Waals surface area (Å²) in [5, 5.41) is 0. The van der Waals surface area contributed by atoms with Gasteiger partial charge in [-0.1, -0.05) is 172 Å². The minimum absolute atomic E-state index is 0.0128. The third-order valence-electron chi connectivity index (χ3n) is 13.8. The summed E-state index contributed by atoms with van der Waals surface area (Å²) in [6.45, 7) is 7.19. The van der Waals surface area contributed by atoms with E-state index >= 15 is 0 Å². The fourth-order valence-corrected chi connectivity index (χ4v) is 10.9. The molecule has 4 unspecified atom stereocenters. The van der Waals surface area contributed by atoms with E-state index in [1.165, 1.54) is 89.3 Å². The van der Waals surface area contributed by atoms with Gasteiger partial charge in [0.05, 0.1) is 6.04 Å². The van der Waals surface area contributed by atoms with E-state index in [1.54, 1.807) is 0 Å². The average Bonchev–Trinajstić information content (AvgIpc) is 3.65. The van der Waals surface area contributed by atoms with Crippen LogP contribution in [0.1, 0.15) is 78.8 Å². The van der Waals surface area contributed by atoms with Crippen LogP contribution in [0.4, 0.5) is 5.69 Å². The minimum Gasteiger partial charge on any atom is -0.337 e. The van der Waals surface area contributed by atoms with Crippen LogP contribution < -0.4 is 4.90 Å². The van der Waals surface area contributed by atoms with Crippen molar-refractivity contribution in [1.82, 2.24) is 0 Å². The van der Waals surface area contributed by atoms with Crippen molar-refractivity contribution in [3.63, 3.8) is 0 Å². The first kappa shape index (κ1) is 33.4. The van der Waals surface area contributed by atoms with Gasteiger partial charge in [-0.3, -0.25) is 0 Å². The molecule has 5 aliphatic rings. The first-order valence-electron chi connectivity index (χ1n) is 20.7. The van der Waals surface area contributed by atoms with Gasteiger partial charge in [0.1, 0.15) is 0 Å². The van der Waals surface area contributed by atoms with Crippen LogP contribution in [-0.2, 0) is 11.8 Å². The zero-order valence-electron chi connectivity index (χ0n) is 32.5. The van der Waals surface area contributed by atoms with Crippen LogP contribution in [-0.4, -0.2) is 6.04 Å². The molecule has 4 atom stereocenters. The number of rotatable bonds is 4. The summed E-state index contributed by atoms with van der Waals surface area (Å²) < 4.78 is 0. The van der Waals surface area contributed by atoms with Crippen LogP contribution in [0.25, 0.3) is 39.0 Å². The monoisotopic (exact) mass is 721 g/mol. The van der Waals surface area contributed by atoms with E-state index in [0.717, 1.165) is 19.3 Å². The van der Waals surface area contributed by atoms with Gasteiger partial charge in [-0.2, -0.15) is 0 Å². The van der Waals surface area contributed by atoms with Gasteiger partial charge in [-0.25, -0.2) is 0 Å². The van der Waals surface area contributed by atoms with E-state index in [1.807, 2.05) is 0 Å². The van der Waals surface area contributed by atoms with Gasteiger partial charge in [0.2, 0.25) is 0 Å². The fraction of sp³-hybridized carbons (Fsp3) is 0.200. The molecule has 0 fully saturated rings. The van der Waals surface area contributed by atoms with E-state index in [9.17, 15) is 0 Å². The molecule has 11 rings (SSSR count). The van der Waals surface area contributed by atoms with Crippen LogP contribution in [0, 0.1) is 5.92 Å². The highest BCUT2D eigenvalue weighted by Crippen LogP contribution is 2.53. The highest BCUT2D eigenvalue weighted by Gasteiger charge is 2.42. The minimum atomic E-state index is 0.0128. The number of benzene rings is 6. The lowest BCUT2D eigenvalue weighted by atomic mass is 9.79. The quantitative estimate of drug-likeness (QED) is 0.175. The highest BCUT2D eigenvalue weighted by molar-refractivity contribution is 5.86. The van der Waals surface area contributed by atoms with E-state index in [0.29, 0.717) is 17.8 Å². The molecule has 6 aromatic rings. The van der Waals surface area contributed by atoms with Gasteiger partial charge in [-0.05, 0) is 127 Å². The van der Waals surface area contributed by atoms with Crippen molar-refractivity contribution in [2.45, 2.75) is 63.3 Å². The number of fused-ring (bicyclic) bond motifs is 8. The molecule has 1 heterocycles. The Hall–Kier alpha value is -5.92. The maximum Gasteiger partial charge on any atom is 0.0626 e. The highest BCUT2D eigenvalue weighted by atomic mass is 15.2. The number of hydrogen-bond acceptors (Lipinski definition) is 1. The SMILES string of the molecule is CC1c2ccc(C3=CC4C5=C(CCC=C5)N(c5ccc6c(c5)-c5ccccc5C6(C)C)C4C=C3)cc2-c2ccccc2CC1c1cccc(-c2ccccc2)c1. The van der Waals surface area contributed by atoms with Crippen LogP contribution in [0.3, 0.4) is 0 Å². The van der Waals surface area contributed by atoms with E-state index in [2.05, 4.69) is 196 Å². The van der Waals surface area contributed by atoms with Crippen molar-refractivity contribution >= 4 is 11.3 Å². The summed E-state index contributed by atoms with van der Waals surface area (Å²) in [7, 11) is 0. The summed E-state index contributed by atoms with van der Waals surface area (Å²) in [5.74, 6) is 1.06. The Kier molecular flexibility index (Phi) is 7.65. The molecule has 0 N–H and O–H groups in total. The standard InChI is InChI=1S/C55H47N/c1-35-43-27-24-38(31-48(43)44-19-8-7-16-41(44)33-47(35)40-18-13-17-37(30-40)36-14-5-4-6-15-36)39-25-29-54-50(32-39)46-21-10-12-23-53(46)56(54)42-26-28-52-49(34-42)45-20-9-11-22-51(45)55(52,2)3/h4-11,13-22,24-32,34-35,47,50,54H,12,23,33H2,1-3H3. The molecule has 0 saturated heterocycles. The molecule has 1 aliphatic heterocycles. The van der Waals surface area contributed by atoms with E-state index < -0.39 is 0 Å². The Morgan fingerprint density at radius 3 is 2.30 bits per heavy atom. The summed E-state index contributed by atoms with van der Waals surface area (Å²) in [5.41, 5.74) is 22.2. The molecular weight excluding hydrogens is 675 g/mol. The summed E-state index contributed by atoms with van der Waals surface area (Å²) in [6.07, 6.45) is 15.5. The summed E-state index contributed by atoms with van der Waals surface area (Å²) in [6, 6.07) is 53.1. The molecule has 0 radical (unpaired) electrons. The third-order valence-corrected chi connectivity index (χ3v) is 13.8. The van der Waals surface area contributed by atoms with Gasteiger partial charge in [0.15, 0.2) is 0 Å². The lowest BCUT2D eigenvalue weighted by molar-refractivity contribution is 0.579. The van der Waals surface area contributed by atoms with Crippen molar-refractivity contribution in [3.05, 3.63) is 215 Å². The largest absolute Gasteiger partial charge is 0.337 e. The molecule has 0 saturated carbocycles. The van der Waals surface area contributed by atoms with Crippen molar-refractivity contribution < 1.29 is 0 Å². The zero-order chi connectivity index (χ0) is 37.5. The van der Waals surface area contributed by atoms with Crippen LogP contribution in [0.2, 0.25) is 0 Å². The Morgan fingerprint density at radius 1 is 0.625 bits per heavy atom. The normalized spacial score (nSPS) is 22.3. The fourth-order valence-electron chi connectivity index (χ4n) is 10.9. The molecule has 56 heavy (non-hydrogen) atoms. The molecular formula is C55H47N. The van der Waals surface area contributed by atoms with Crippen molar-refractivity contribution in [3.8, 4) is 33.4 Å². The van der Waals surface area contributed by atoms with Gasteiger partial charge in [-0.15, -0.1) is 0 Å². The first-order chi connectivity index (χ1) is 27.4. The molecule has 6 aromatic carbocycles. The number of allylic oxidation sites excluding steroid dienone is 5. The summed E-state index contributed by atoms with van der Waals surface area (Å²) in [4.78, 5) is 2.67. The molecule has 0 aromatic heterocycles. The topological polar surface area (TPSA) is 3.24 Å². The van der Waals surface area contributed by atoms with Crippen LogP contribution >= 0.6 is 0 Å². The predicted octanol–water partition coefficient (Wildman–Crippen LogP) is 13.8. The molecule has 0 bridgehead atoms. The molecule has 1 nitrogen and oxygen atoms in total. The smallest absolute Gasteiger partial charge is 0.0626 e. The van der Waals surface area contributed by atoms with Crippen molar-refractivity contribution in [1.29, 1.82) is 0 Å². The van der Waals surface area contributed by atoms with Gasteiger partial charge >= 0.3 is 0 Å². The second-order valence-electron chi connectivity index (χ2n) is 17.2. The average molecular weight is 722 g/mol. The molecule has 4 aliphatic carbocycles. The molecule has 0 spiro atoms. The lowest BCUT2D eigenvalue weighted by Crippen LogP contribution is -2.33. The summed E-state index contributed by atoms with van der Waals surface area (Å²) >= 11 is 0. The van der Waals surface area contributed by atoms with Gasteiger partial charge in [0.25, 0.3) is 0 Å². The lowest BCUT2D eigenvalue weighted by Gasteiger charge is -2.32. The van der Waals surface area contributed by atoms with E-state index in [4.69, 9.17) is 0 Å². The number of nitrogens with zero attached hydrogens (tertiary/aromatic N) is 1. The van der Waals surface area contributed by atoms with Crippen molar-refractivity contribution in [2.24, 2.45) is 5.92 Å². The van der Waals surface area contributed by atoms with Gasteiger partial charge in [0, 0.05) is 22.7 Å². The second-order valence-corrected chi connectivity index (χ2v) is 17.2. The van der Waals surface area contributed by atoms with E-state index in [-0.39, 0.29) is 11.5 Å². The van der Waals surface area contributed by atoms with Crippen LogP contribution in [0.5, 0.6) is 0 Å². The number of anilines is 1.